The van der Waals surface area contributed by atoms with E-state index in [1.165, 1.54) is 4.88 Å². The minimum absolute atomic E-state index is 0.399. The minimum atomic E-state index is -0.726. The van der Waals surface area contributed by atoms with Gasteiger partial charge in [0.2, 0.25) is 0 Å². The van der Waals surface area contributed by atoms with Crippen molar-refractivity contribution in [1.82, 2.24) is 4.98 Å². The summed E-state index contributed by atoms with van der Waals surface area (Å²) in [5.41, 5.74) is 0.832. The summed E-state index contributed by atoms with van der Waals surface area (Å²) in [5, 5.41) is 10.4. The SMILES string of the molecule is CCCCN(c1nc2c(s1)CCCC2C(=O)O)C(C)CC. The van der Waals surface area contributed by atoms with E-state index < -0.39 is 11.9 Å². The zero-order valence-corrected chi connectivity index (χ0v) is 14.1. The highest BCUT2D eigenvalue weighted by Gasteiger charge is 2.31. The second-order valence-corrected chi connectivity index (χ2v) is 6.95. The topological polar surface area (TPSA) is 53.4 Å². The number of thiazole rings is 1. The molecule has 0 bridgehead atoms. The number of anilines is 1. The molecule has 1 aromatic rings. The lowest BCUT2D eigenvalue weighted by atomic mass is 9.91. The van der Waals surface area contributed by atoms with Crippen molar-refractivity contribution >= 4 is 22.4 Å². The van der Waals surface area contributed by atoms with Crippen LogP contribution in [0.4, 0.5) is 5.13 Å². The third kappa shape index (κ3) is 3.57. The Labute approximate surface area is 131 Å². The Morgan fingerprint density at radius 3 is 2.90 bits per heavy atom. The van der Waals surface area contributed by atoms with Gasteiger partial charge in [0.15, 0.2) is 5.13 Å². The number of carboxylic acids is 1. The predicted molar refractivity (Wildman–Crippen MR) is 87.4 cm³/mol. The Morgan fingerprint density at radius 2 is 2.29 bits per heavy atom. The second kappa shape index (κ2) is 7.25. The molecular weight excluding hydrogens is 284 g/mol. The van der Waals surface area contributed by atoms with Crippen LogP contribution in [0.3, 0.4) is 0 Å². The molecule has 0 aliphatic heterocycles. The molecule has 1 heterocycles. The van der Waals surface area contributed by atoms with Gasteiger partial charge in [-0.2, -0.15) is 0 Å². The first-order valence-electron chi connectivity index (χ1n) is 8.07. The average Bonchev–Trinajstić information content (AvgIpc) is 2.90. The molecule has 2 atom stereocenters. The number of aryl methyl sites for hydroxylation is 1. The van der Waals surface area contributed by atoms with E-state index >= 15 is 0 Å². The van der Waals surface area contributed by atoms with Crippen LogP contribution >= 0.6 is 11.3 Å². The van der Waals surface area contributed by atoms with Crippen molar-refractivity contribution in [3.63, 3.8) is 0 Å². The predicted octanol–water partition coefficient (Wildman–Crippen LogP) is 4.05. The Balaban J connectivity index is 2.28. The molecule has 0 saturated carbocycles. The summed E-state index contributed by atoms with van der Waals surface area (Å²) in [4.78, 5) is 19.7. The van der Waals surface area contributed by atoms with Crippen molar-refractivity contribution in [3.05, 3.63) is 10.6 Å². The number of aliphatic carboxylic acids is 1. The van der Waals surface area contributed by atoms with Crippen LogP contribution in [-0.4, -0.2) is 28.6 Å². The van der Waals surface area contributed by atoms with Gasteiger partial charge in [0.25, 0.3) is 0 Å². The largest absolute Gasteiger partial charge is 0.481 e. The molecule has 0 radical (unpaired) electrons. The van der Waals surface area contributed by atoms with Crippen LogP contribution in [-0.2, 0) is 11.2 Å². The maximum absolute atomic E-state index is 11.4. The van der Waals surface area contributed by atoms with Gasteiger partial charge in [0, 0.05) is 17.5 Å². The lowest BCUT2D eigenvalue weighted by Gasteiger charge is -2.28. The summed E-state index contributed by atoms with van der Waals surface area (Å²) >= 11 is 1.71. The van der Waals surface area contributed by atoms with Gasteiger partial charge in [-0.05, 0) is 39.0 Å². The van der Waals surface area contributed by atoms with Crippen LogP contribution in [0.1, 0.15) is 69.4 Å². The molecule has 118 valence electrons. The fourth-order valence-corrected chi connectivity index (χ4v) is 4.11. The van der Waals surface area contributed by atoms with E-state index in [0.29, 0.717) is 6.04 Å². The van der Waals surface area contributed by atoms with Gasteiger partial charge in [-0.15, -0.1) is 11.3 Å². The highest BCUT2D eigenvalue weighted by Crippen LogP contribution is 2.38. The second-order valence-electron chi connectivity index (χ2n) is 5.89. The molecule has 1 aromatic heterocycles. The van der Waals surface area contributed by atoms with Crippen molar-refractivity contribution in [2.75, 3.05) is 11.4 Å². The first-order chi connectivity index (χ1) is 10.1. The van der Waals surface area contributed by atoms with Gasteiger partial charge in [-0.3, -0.25) is 4.79 Å². The first-order valence-corrected chi connectivity index (χ1v) is 8.89. The van der Waals surface area contributed by atoms with Crippen LogP contribution in [0.25, 0.3) is 0 Å². The van der Waals surface area contributed by atoms with Crippen LogP contribution < -0.4 is 4.90 Å². The quantitative estimate of drug-likeness (QED) is 0.825. The molecule has 0 aromatic carbocycles. The highest BCUT2D eigenvalue weighted by atomic mass is 32.1. The fraction of sp³-hybridized carbons (Fsp3) is 0.750. The van der Waals surface area contributed by atoms with Gasteiger partial charge in [-0.25, -0.2) is 4.98 Å². The molecule has 0 fully saturated rings. The normalized spacial score (nSPS) is 19.1. The number of rotatable bonds is 7. The monoisotopic (exact) mass is 310 g/mol. The van der Waals surface area contributed by atoms with Gasteiger partial charge in [-0.1, -0.05) is 20.3 Å². The summed E-state index contributed by atoms with van der Waals surface area (Å²) in [6.45, 7) is 7.62. The maximum Gasteiger partial charge on any atom is 0.312 e. The Hall–Kier alpha value is -1.10. The number of aromatic nitrogens is 1. The number of fused-ring (bicyclic) bond motifs is 1. The molecule has 21 heavy (non-hydrogen) atoms. The zero-order chi connectivity index (χ0) is 15.4. The number of unbranched alkanes of at least 4 members (excludes halogenated alkanes) is 1. The molecular formula is C16H26N2O2S. The van der Waals surface area contributed by atoms with Gasteiger partial charge in [0.05, 0.1) is 5.69 Å². The van der Waals surface area contributed by atoms with Crippen LogP contribution in [0.15, 0.2) is 0 Å². The third-order valence-corrected chi connectivity index (χ3v) is 5.53. The van der Waals surface area contributed by atoms with E-state index in [4.69, 9.17) is 4.98 Å². The molecule has 5 heteroatoms. The van der Waals surface area contributed by atoms with Crippen molar-refractivity contribution < 1.29 is 9.90 Å². The minimum Gasteiger partial charge on any atom is -0.481 e. The Bertz CT molecular complexity index is 487. The van der Waals surface area contributed by atoms with E-state index in [0.717, 1.165) is 55.9 Å². The highest BCUT2D eigenvalue weighted by molar-refractivity contribution is 7.15. The van der Waals surface area contributed by atoms with E-state index in [2.05, 4.69) is 25.7 Å². The fourth-order valence-electron chi connectivity index (χ4n) is 2.82. The summed E-state index contributed by atoms with van der Waals surface area (Å²) in [7, 11) is 0. The molecule has 2 rings (SSSR count). The zero-order valence-electron chi connectivity index (χ0n) is 13.3. The number of hydrogen-bond donors (Lipinski definition) is 1. The lowest BCUT2D eigenvalue weighted by molar-refractivity contribution is -0.139. The van der Waals surface area contributed by atoms with Crippen molar-refractivity contribution in [2.45, 2.75) is 71.3 Å². The Kier molecular flexibility index (Phi) is 5.62. The van der Waals surface area contributed by atoms with E-state index in [1.54, 1.807) is 11.3 Å². The Morgan fingerprint density at radius 1 is 1.52 bits per heavy atom. The van der Waals surface area contributed by atoms with Gasteiger partial charge < -0.3 is 10.0 Å². The summed E-state index contributed by atoms with van der Waals surface area (Å²) < 4.78 is 0. The lowest BCUT2D eigenvalue weighted by Crippen LogP contribution is -2.33. The maximum atomic E-state index is 11.4. The smallest absolute Gasteiger partial charge is 0.312 e. The van der Waals surface area contributed by atoms with E-state index in [-0.39, 0.29) is 0 Å². The summed E-state index contributed by atoms with van der Waals surface area (Å²) in [6.07, 6.45) is 6.07. The summed E-state index contributed by atoms with van der Waals surface area (Å²) in [6, 6.07) is 0.451. The first kappa shape index (κ1) is 16.3. The van der Waals surface area contributed by atoms with Crippen molar-refractivity contribution in [2.24, 2.45) is 0 Å². The van der Waals surface area contributed by atoms with E-state index in [9.17, 15) is 9.90 Å². The van der Waals surface area contributed by atoms with Crippen molar-refractivity contribution in [1.29, 1.82) is 0 Å². The number of carbonyl (C=O) groups is 1. The van der Waals surface area contributed by atoms with Gasteiger partial charge in [0.1, 0.15) is 5.92 Å². The standard InChI is InChI=1S/C16H26N2O2S/c1-4-6-10-18(11(3)5-2)16-17-14-12(15(19)20)8-7-9-13(14)21-16/h11-12H,4-10H2,1-3H3,(H,19,20). The molecule has 2 unspecified atom stereocenters. The number of hydrogen-bond acceptors (Lipinski definition) is 4. The molecule has 4 nitrogen and oxygen atoms in total. The van der Waals surface area contributed by atoms with Crippen molar-refractivity contribution in [3.8, 4) is 0 Å². The molecule has 1 aliphatic rings. The molecule has 0 spiro atoms. The molecule has 0 amide bonds. The third-order valence-electron chi connectivity index (χ3n) is 4.36. The number of nitrogens with zero attached hydrogens (tertiary/aromatic N) is 2. The number of carboxylic acid groups (broad SMARTS) is 1. The van der Waals surface area contributed by atoms with E-state index in [1.807, 2.05) is 0 Å². The average molecular weight is 310 g/mol. The molecule has 0 saturated heterocycles. The van der Waals surface area contributed by atoms with Gasteiger partial charge >= 0.3 is 5.97 Å². The molecule has 1 N–H and O–H groups in total. The van der Waals surface area contributed by atoms with Crippen LogP contribution in [0, 0.1) is 0 Å². The molecule has 1 aliphatic carbocycles. The van der Waals surface area contributed by atoms with Crippen LogP contribution in [0.5, 0.6) is 0 Å². The van der Waals surface area contributed by atoms with Crippen LogP contribution in [0.2, 0.25) is 0 Å². The summed E-state index contributed by atoms with van der Waals surface area (Å²) in [5.74, 6) is -1.12.